The minimum atomic E-state index is 0.205. The summed E-state index contributed by atoms with van der Waals surface area (Å²) in [6.45, 7) is 3.26. The molecule has 0 spiro atoms. The lowest BCUT2D eigenvalue weighted by atomic mass is 9.99. The number of anilines is 1. The third kappa shape index (κ3) is 2.69. The van der Waals surface area contributed by atoms with E-state index < -0.39 is 0 Å². The van der Waals surface area contributed by atoms with Crippen molar-refractivity contribution in [3.63, 3.8) is 0 Å². The Kier molecular flexibility index (Phi) is 3.76. The van der Waals surface area contributed by atoms with E-state index in [1.165, 1.54) is 16.7 Å². The lowest BCUT2D eigenvalue weighted by Gasteiger charge is -2.30. The number of carbonyl (C=O) groups is 1. The van der Waals surface area contributed by atoms with Gasteiger partial charge in [-0.15, -0.1) is 0 Å². The summed E-state index contributed by atoms with van der Waals surface area (Å²) in [4.78, 5) is 14.2. The third-order valence-electron chi connectivity index (χ3n) is 4.16. The molecule has 0 aromatic heterocycles. The van der Waals surface area contributed by atoms with E-state index in [0.29, 0.717) is 19.5 Å². The van der Waals surface area contributed by atoms with Gasteiger partial charge >= 0.3 is 0 Å². The maximum atomic E-state index is 12.3. The van der Waals surface area contributed by atoms with Crippen LogP contribution >= 0.6 is 0 Å². The van der Waals surface area contributed by atoms with Gasteiger partial charge in [0.05, 0.1) is 6.54 Å². The summed E-state index contributed by atoms with van der Waals surface area (Å²) in [5.41, 5.74) is 11.5. The van der Waals surface area contributed by atoms with E-state index in [0.717, 1.165) is 17.7 Å². The second-order valence-corrected chi connectivity index (χ2v) is 5.57. The number of hydrogen-bond acceptors (Lipinski definition) is 2. The second kappa shape index (κ2) is 5.70. The molecule has 2 N–H and O–H groups in total. The predicted octanol–water partition coefficient (Wildman–Crippen LogP) is 2.93. The molecule has 108 valence electrons. The molecule has 0 saturated heterocycles. The molecule has 2 aromatic carbocycles. The molecule has 1 heterocycles. The number of para-hydroxylation sites is 1. The van der Waals surface area contributed by atoms with Crippen LogP contribution in [-0.4, -0.2) is 5.91 Å². The molecular weight excluding hydrogens is 260 g/mol. The molecule has 21 heavy (non-hydrogen) atoms. The molecule has 2 aromatic rings. The molecule has 0 atom stereocenters. The zero-order valence-corrected chi connectivity index (χ0v) is 12.3. The summed E-state index contributed by atoms with van der Waals surface area (Å²) in [6.07, 6.45) is 1.44. The quantitative estimate of drug-likeness (QED) is 0.939. The molecule has 3 nitrogen and oxygen atoms in total. The molecule has 1 aliphatic heterocycles. The first-order valence-electron chi connectivity index (χ1n) is 7.36. The topological polar surface area (TPSA) is 46.3 Å². The summed E-state index contributed by atoms with van der Waals surface area (Å²) in [5, 5.41) is 0. The lowest BCUT2D eigenvalue weighted by molar-refractivity contribution is -0.119. The first-order valence-corrected chi connectivity index (χ1v) is 7.36. The first-order chi connectivity index (χ1) is 10.2. The maximum absolute atomic E-state index is 12.3. The fourth-order valence-corrected chi connectivity index (χ4v) is 2.90. The Hall–Kier alpha value is -2.13. The number of rotatable bonds is 3. The van der Waals surface area contributed by atoms with Crippen LogP contribution in [0.15, 0.2) is 42.5 Å². The second-order valence-electron chi connectivity index (χ2n) is 5.57. The Morgan fingerprint density at radius 2 is 1.95 bits per heavy atom. The highest BCUT2D eigenvalue weighted by atomic mass is 16.2. The van der Waals surface area contributed by atoms with Crippen LogP contribution in [0, 0.1) is 6.92 Å². The zero-order valence-electron chi connectivity index (χ0n) is 12.3. The molecule has 0 radical (unpaired) electrons. The van der Waals surface area contributed by atoms with E-state index >= 15 is 0 Å². The highest BCUT2D eigenvalue weighted by molar-refractivity contribution is 5.96. The number of benzene rings is 2. The van der Waals surface area contributed by atoms with E-state index in [4.69, 9.17) is 5.73 Å². The van der Waals surface area contributed by atoms with Crippen molar-refractivity contribution >= 4 is 11.6 Å². The van der Waals surface area contributed by atoms with Crippen LogP contribution in [0.4, 0.5) is 5.69 Å². The standard InChI is InChI=1S/C18H20N2O/c1-13-10-14(11-19)6-7-16(13)12-20-17-5-3-2-4-15(17)8-9-18(20)21/h2-7,10H,8-9,11-12,19H2,1H3. The number of nitrogens with two attached hydrogens (primary N) is 1. The van der Waals surface area contributed by atoms with Gasteiger partial charge in [-0.05, 0) is 41.7 Å². The van der Waals surface area contributed by atoms with Crippen LogP contribution in [0.2, 0.25) is 0 Å². The minimum absolute atomic E-state index is 0.205. The normalized spacial score (nSPS) is 14.2. The van der Waals surface area contributed by atoms with Crippen molar-refractivity contribution in [2.45, 2.75) is 32.9 Å². The van der Waals surface area contributed by atoms with Crippen LogP contribution in [0.3, 0.4) is 0 Å². The number of aryl methyl sites for hydroxylation is 2. The van der Waals surface area contributed by atoms with Gasteiger partial charge in [0.1, 0.15) is 0 Å². The first kappa shape index (κ1) is 13.8. The van der Waals surface area contributed by atoms with Gasteiger partial charge in [0.25, 0.3) is 0 Å². The number of amides is 1. The molecule has 0 unspecified atom stereocenters. The fourth-order valence-electron chi connectivity index (χ4n) is 2.90. The van der Waals surface area contributed by atoms with Crippen LogP contribution in [0.1, 0.15) is 28.7 Å². The van der Waals surface area contributed by atoms with Crippen LogP contribution in [0.5, 0.6) is 0 Å². The average molecular weight is 280 g/mol. The minimum Gasteiger partial charge on any atom is -0.326 e. The highest BCUT2D eigenvalue weighted by Crippen LogP contribution is 2.29. The smallest absolute Gasteiger partial charge is 0.227 e. The lowest BCUT2D eigenvalue weighted by Crippen LogP contribution is -2.34. The van der Waals surface area contributed by atoms with E-state index in [2.05, 4.69) is 25.1 Å². The van der Waals surface area contributed by atoms with Crippen LogP contribution in [0.25, 0.3) is 0 Å². The van der Waals surface area contributed by atoms with Crippen molar-refractivity contribution in [3.05, 3.63) is 64.7 Å². The molecule has 3 rings (SSSR count). The van der Waals surface area contributed by atoms with Crippen molar-refractivity contribution in [3.8, 4) is 0 Å². The molecule has 1 amide bonds. The SMILES string of the molecule is Cc1cc(CN)ccc1CN1C(=O)CCc2ccccc21. The maximum Gasteiger partial charge on any atom is 0.227 e. The van der Waals surface area contributed by atoms with Gasteiger partial charge in [-0.25, -0.2) is 0 Å². The van der Waals surface area contributed by atoms with E-state index in [9.17, 15) is 4.79 Å². The molecule has 0 fully saturated rings. The molecule has 0 bridgehead atoms. The monoisotopic (exact) mass is 280 g/mol. The van der Waals surface area contributed by atoms with Crippen molar-refractivity contribution < 1.29 is 4.79 Å². The number of nitrogens with zero attached hydrogens (tertiary/aromatic N) is 1. The fraction of sp³-hybridized carbons (Fsp3) is 0.278. The summed E-state index contributed by atoms with van der Waals surface area (Å²) in [6, 6.07) is 14.4. The van der Waals surface area contributed by atoms with Gasteiger partial charge in [-0.1, -0.05) is 36.4 Å². The molecule has 0 aliphatic carbocycles. The van der Waals surface area contributed by atoms with Crippen molar-refractivity contribution in [1.82, 2.24) is 0 Å². The van der Waals surface area contributed by atoms with Gasteiger partial charge in [-0.2, -0.15) is 0 Å². The van der Waals surface area contributed by atoms with Crippen molar-refractivity contribution in [2.24, 2.45) is 5.73 Å². The van der Waals surface area contributed by atoms with Gasteiger partial charge in [-0.3, -0.25) is 4.79 Å². The van der Waals surface area contributed by atoms with Crippen molar-refractivity contribution in [1.29, 1.82) is 0 Å². The number of fused-ring (bicyclic) bond motifs is 1. The summed E-state index contributed by atoms with van der Waals surface area (Å²) >= 11 is 0. The largest absolute Gasteiger partial charge is 0.326 e. The predicted molar refractivity (Wildman–Crippen MR) is 85.0 cm³/mol. The number of hydrogen-bond donors (Lipinski definition) is 1. The van der Waals surface area contributed by atoms with E-state index in [1.807, 2.05) is 29.2 Å². The summed E-state index contributed by atoms with van der Waals surface area (Å²) in [7, 11) is 0. The Balaban J connectivity index is 1.92. The van der Waals surface area contributed by atoms with Crippen LogP contribution < -0.4 is 10.6 Å². The Labute approximate surface area is 125 Å². The Bertz CT molecular complexity index is 679. The molecule has 1 aliphatic rings. The van der Waals surface area contributed by atoms with Gasteiger partial charge in [0, 0.05) is 18.7 Å². The summed E-state index contributed by atoms with van der Waals surface area (Å²) < 4.78 is 0. The van der Waals surface area contributed by atoms with Crippen LogP contribution in [-0.2, 0) is 24.3 Å². The highest BCUT2D eigenvalue weighted by Gasteiger charge is 2.24. The van der Waals surface area contributed by atoms with Gasteiger partial charge in [0.2, 0.25) is 5.91 Å². The van der Waals surface area contributed by atoms with Gasteiger partial charge < -0.3 is 10.6 Å². The third-order valence-corrected chi connectivity index (χ3v) is 4.16. The molecular formula is C18H20N2O. The zero-order chi connectivity index (χ0) is 14.8. The Morgan fingerprint density at radius 1 is 1.14 bits per heavy atom. The van der Waals surface area contributed by atoms with Crippen molar-refractivity contribution in [2.75, 3.05) is 4.90 Å². The van der Waals surface area contributed by atoms with Gasteiger partial charge in [0.15, 0.2) is 0 Å². The molecule has 0 saturated carbocycles. The molecule has 3 heteroatoms. The van der Waals surface area contributed by atoms with E-state index in [1.54, 1.807) is 0 Å². The average Bonchev–Trinajstić information content (AvgIpc) is 2.51. The van der Waals surface area contributed by atoms with E-state index in [-0.39, 0.29) is 5.91 Å². The Morgan fingerprint density at radius 3 is 2.71 bits per heavy atom. The number of carbonyl (C=O) groups excluding carboxylic acids is 1. The summed E-state index contributed by atoms with van der Waals surface area (Å²) in [5.74, 6) is 0.205.